The maximum atomic E-state index is 5.45. The molecule has 2 N–H and O–H groups in total. The summed E-state index contributed by atoms with van der Waals surface area (Å²) in [7, 11) is 0. The highest BCUT2D eigenvalue weighted by Crippen LogP contribution is 2.49. The highest BCUT2D eigenvalue weighted by molar-refractivity contribution is 5.24. The molecule has 2 rings (SSSR count). The summed E-state index contributed by atoms with van der Waals surface area (Å²) in [5, 5.41) is 0. The van der Waals surface area contributed by atoms with Crippen LogP contribution in [0.2, 0.25) is 0 Å². The second kappa shape index (κ2) is 3.19. The molecule has 1 aliphatic carbocycles. The first kappa shape index (κ1) is 9.38. The molecule has 1 heterocycles. The fraction of sp³-hybridized carbons (Fsp3) is 0.500. The molecule has 2 fully saturated rings. The molecular formula is C12H18N2. The Hall–Kier alpha value is -1.18. The van der Waals surface area contributed by atoms with E-state index in [2.05, 4.69) is 18.1 Å². The molecule has 1 aliphatic heterocycles. The molecule has 2 heteroatoms. The van der Waals surface area contributed by atoms with Gasteiger partial charge in [-0.3, -0.25) is 0 Å². The zero-order valence-corrected chi connectivity index (χ0v) is 8.63. The van der Waals surface area contributed by atoms with Crippen LogP contribution in [0.1, 0.15) is 19.3 Å². The number of allylic oxidation sites excluding steroid dienone is 2. The third kappa shape index (κ3) is 1.57. The maximum absolute atomic E-state index is 5.45. The molecule has 1 spiro atoms. The van der Waals surface area contributed by atoms with Crippen molar-refractivity contribution >= 4 is 0 Å². The Morgan fingerprint density at radius 1 is 1.21 bits per heavy atom. The predicted octanol–water partition coefficient (Wildman–Crippen LogP) is 2.01. The van der Waals surface area contributed by atoms with Crippen molar-refractivity contribution in [3.63, 3.8) is 0 Å². The third-order valence-corrected chi connectivity index (χ3v) is 3.36. The average Bonchev–Trinajstić information content (AvgIpc) is 1.95. The first-order valence-electron chi connectivity index (χ1n) is 5.18. The van der Waals surface area contributed by atoms with E-state index in [1.165, 1.54) is 32.4 Å². The number of hydrogen-bond donors (Lipinski definition) is 1. The van der Waals surface area contributed by atoms with E-state index in [4.69, 9.17) is 5.73 Å². The minimum atomic E-state index is 0.588. The summed E-state index contributed by atoms with van der Waals surface area (Å²) in [5.74, 6) is 0. The fourth-order valence-corrected chi connectivity index (χ4v) is 2.27. The van der Waals surface area contributed by atoms with Crippen molar-refractivity contribution in [2.75, 3.05) is 13.1 Å². The highest BCUT2D eigenvalue weighted by Gasteiger charge is 2.47. The van der Waals surface area contributed by atoms with Crippen molar-refractivity contribution in [3.05, 3.63) is 36.7 Å². The Balaban J connectivity index is 1.81. The van der Waals surface area contributed by atoms with Gasteiger partial charge in [-0.25, -0.2) is 0 Å². The zero-order chi connectivity index (χ0) is 10.2. The summed E-state index contributed by atoms with van der Waals surface area (Å²) in [4.78, 5) is 2.32. The molecule has 0 aromatic carbocycles. The quantitative estimate of drug-likeness (QED) is 0.690. The summed E-state index contributed by atoms with van der Waals surface area (Å²) in [6, 6.07) is 0. The van der Waals surface area contributed by atoms with Crippen molar-refractivity contribution < 1.29 is 0 Å². The van der Waals surface area contributed by atoms with Crippen molar-refractivity contribution in [1.82, 2.24) is 4.90 Å². The highest BCUT2D eigenvalue weighted by atomic mass is 15.2. The molecular weight excluding hydrogens is 172 g/mol. The summed E-state index contributed by atoms with van der Waals surface area (Å²) in [5.41, 5.74) is 7.77. The van der Waals surface area contributed by atoms with Gasteiger partial charge in [0, 0.05) is 29.9 Å². The van der Waals surface area contributed by atoms with Crippen LogP contribution in [0.5, 0.6) is 0 Å². The Morgan fingerprint density at radius 3 is 2.29 bits per heavy atom. The molecule has 0 unspecified atom stereocenters. The van der Waals surface area contributed by atoms with Crippen LogP contribution in [0.4, 0.5) is 0 Å². The lowest BCUT2D eigenvalue weighted by atomic mass is 9.63. The zero-order valence-electron chi connectivity index (χ0n) is 8.63. The Morgan fingerprint density at radius 2 is 1.86 bits per heavy atom. The SMILES string of the molecule is C=C(N)/C=C\C(=C)N1CC2(CCC2)C1. The van der Waals surface area contributed by atoms with Crippen molar-refractivity contribution in [2.45, 2.75) is 19.3 Å². The summed E-state index contributed by atoms with van der Waals surface area (Å²) in [6.07, 6.45) is 7.99. The van der Waals surface area contributed by atoms with E-state index >= 15 is 0 Å². The molecule has 14 heavy (non-hydrogen) atoms. The van der Waals surface area contributed by atoms with E-state index in [-0.39, 0.29) is 0 Å². The van der Waals surface area contributed by atoms with Crippen LogP contribution in [-0.4, -0.2) is 18.0 Å². The van der Waals surface area contributed by atoms with Crippen LogP contribution in [0.3, 0.4) is 0 Å². The molecule has 1 saturated carbocycles. The number of hydrogen-bond acceptors (Lipinski definition) is 2. The number of rotatable bonds is 3. The summed E-state index contributed by atoms with van der Waals surface area (Å²) in [6.45, 7) is 10.0. The largest absolute Gasteiger partial charge is 0.399 e. The van der Waals surface area contributed by atoms with Gasteiger partial charge in [-0.05, 0) is 25.0 Å². The number of nitrogens with two attached hydrogens (primary N) is 1. The standard InChI is InChI=1S/C12H18N2/c1-10(13)4-5-11(2)14-8-12(9-14)6-3-7-12/h4-5H,1-3,6-9,13H2/b5-4-. The van der Waals surface area contributed by atoms with E-state index < -0.39 is 0 Å². The van der Waals surface area contributed by atoms with E-state index in [0.717, 1.165) is 5.70 Å². The van der Waals surface area contributed by atoms with Crippen LogP contribution in [0, 0.1) is 5.41 Å². The van der Waals surface area contributed by atoms with Gasteiger partial charge >= 0.3 is 0 Å². The summed E-state index contributed by atoms with van der Waals surface area (Å²) < 4.78 is 0. The van der Waals surface area contributed by atoms with Gasteiger partial charge in [-0.15, -0.1) is 0 Å². The Kier molecular flexibility index (Phi) is 2.14. The fourth-order valence-electron chi connectivity index (χ4n) is 2.27. The van der Waals surface area contributed by atoms with Gasteiger partial charge in [0.1, 0.15) is 0 Å². The summed E-state index contributed by atoms with van der Waals surface area (Å²) >= 11 is 0. The molecule has 76 valence electrons. The van der Waals surface area contributed by atoms with Crippen LogP contribution in [0.25, 0.3) is 0 Å². The van der Waals surface area contributed by atoms with Crippen molar-refractivity contribution in [1.29, 1.82) is 0 Å². The van der Waals surface area contributed by atoms with Crippen LogP contribution in [-0.2, 0) is 0 Å². The van der Waals surface area contributed by atoms with E-state index in [0.29, 0.717) is 11.1 Å². The lowest BCUT2D eigenvalue weighted by Gasteiger charge is -2.57. The van der Waals surface area contributed by atoms with Gasteiger partial charge in [0.15, 0.2) is 0 Å². The molecule has 0 bridgehead atoms. The lowest BCUT2D eigenvalue weighted by molar-refractivity contribution is -0.0358. The molecule has 0 atom stereocenters. The molecule has 1 saturated heterocycles. The maximum Gasteiger partial charge on any atom is 0.0294 e. The topological polar surface area (TPSA) is 29.3 Å². The monoisotopic (exact) mass is 190 g/mol. The van der Waals surface area contributed by atoms with Gasteiger partial charge in [-0.1, -0.05) is 19.6 Å². The van der Waals surface area contributed by atoms with Crippen molar-refractivity contribution in [2.24, 2.45) is 11.1 Å². The van der Waals surface area contributed by atoms with Crippen LogP contribution in [0.15, 0.2) is 36.7 Å². The number of likely N-dealkylation sites (tertiary alicyclic amines) is 1. The van der Waals surface area contributed by atoms with Gasteiger partial charge < -0.3 is 10.6 Å². The first-order chi connectivity index (χ1) is 6.61. The van der Waals surface area contributed by atoms with Crippen molar-refractivity contribution in [3.8, 4) is 0 Å². The first-order valence-corrected chi connectivity index (χ1v) is 5.18. The van der Waals surface area contributed by atoms with E-state index in [9.17, 15) is 0 Å². The average molecular weight is 190 g/mol. The Bertz CT molecular complexity index is 289. The van der Waals surface area contributed by atoms with E-state index in [1.807, 2.05) is 12.2 Å². The number of nitrogens with zero attached hydrogens (tertiary/aromatic N) is 1. The molecule has 0 radical (unpaired) electrons. The second-order valence-corrected chi connectivity index (χ2v) is 4.61. The molecule has 2 nitrogen and oxygen atoms in total. The minimum absolute atomic E-state index is 0.588. The molecule has 0 aromatic heterocycles. The molecule has 0 aromatic rings. The normalized spacial score (nSPS) is 23.3. The predicted molar refractivity (Wildman–Crippen MR) is 59.5 cm³/mol. The van der Waals surface area contributed by atoms with Gasteiger partial charge in [0.2, 0.25) is 0 Å². The van der Waals surface area contributed by atoms with Gasteiger partial charge in [-0.2, -0.15) is 0 Å². The van der Waals surface area contributed by atoms with Crippen LogP contribution >= 0.6 is 0 Å². The van der Waals surface area contributed by atoms with Crippen LogP contribution < -0.4 is 5.73 Å². The lowest BCUT2D eigenvalue weighted by Crippen LogP contribution is -2.58. The molecule has 0 amide bonds. The van der Waals surface area contributed by atoms with Gasteiger partial charge in [0.25, 0.3) is 0 Å². The molecule has 2 aliphatic rings. The smallest absolute Gasteiger partial charge is 0.0294 e. The second-order valence-electron chi connectivity index (χ2n) is 4.61. The Labute approximate surface area is 85.8 Å². The van der Waals surface area contributed by atoms with E-state index in [1.54, 1.807) is 0 Å². The minimum Gasteiger partial charge on any atom is -0.399 e. The third-order valence-electron chi connectivity index (χ3n) is 3.36. The van der Waals surface area contributed by atoms with Gasteiger partial charge in [0.05, 0.1) is 0 Å².